The van der Waals surface area contributed by atoms with E-state index in [2.05, 4.69) is 10.6 Å². The largest absolute Gasteiger partial charge is 0.456 e. The zero-order chi connectivity index (χ0) is 16.4. The van der Waals surface area contributed by atoms with Gasteiger partial charge >= 0.3 is 6.03 Å². The molecule has 3 aromatic rings. The van der Waals surface area contributed by atoms with Gasteiger partial charge in [-0.25, -0.2) is 4.79 Å². The smallest absolute Gasteiger partial charge is 0.319 e. The normalized spacial score (nSPS) is 11.8. The van der Waals surface area contributed by atoms with Gasteiger partial charge in [0, 0.05) is 34.7 Å². The summed E-state index contributed by atoms with van der Waals surface area (Å²) in [4.78, 5) is 12.1. The number of furan rings is 1. The van der Waals surface area contributed by atoms with Crippen molar-refractivity contribution in [1.82, 2.24) is 5.32 Å². The van der Waals surface area contributed by atoms with Crippen LogP contribution in [0.1, 0.15) is 20.3 Å². The lowest BCUT2D eigenvalue weighted by molar-refractivity contribution is 0.218. The Kier molecular flexibility index (Phi) is 3.96. The molecule has 3 N–H and O–H groups in total. The highest BCUT2D eigenvalue weighted by Gasteiger charge is 2.19. The molecular weight excluding hydrogens is 292 g/mol. The van der Waals surface area contributed by atoms with E-state index in [0.29, 0.717) is 12.1 Å². The maximum Gasteiger partial charge on any atom is 0.319 e. The van der Waals surface area contributed by atoms with Crippen molar-refractivity contribution in [2.45, 2.75) is 25.8 Å². The fourth-order valence-electron chi connectivity index (χ4n) is 2.62. The van der Waals surface area contributed by atoms with E-state index in [1.807, 2.05) is 56.3 Å². The molecule has 0 saturated carbocycles. The first-order valence-electron chi connectivity index (χ1n) is 7.60. The number of carbonyl (C=O) groups excluding carboxylic acids is 1. The minimum atomic E-state index is -0.470. The predicted octanol–water partition coefficient (Wildman–Crippen LogP) is 3.87. The second kappa shape index (κ2) is 5.93. The van der Waals surface area contributed by atoms with Gasteiger partial charge in [0.1, 0.15) is 11.2 Å². The summed E-state index contributed by atoms with van der Waals surface area (Å²) >= 11 is 0. The lowest BCUT2D eigenvalue weighted by atomic mass is 10.0. The molecule has 0 unspecified atom stereocenters. The van der Waals surface area contributed by atoms with E-state index in [1.165, 1.54) is 0 Å². The van der Waals surface area contributed by atoms with Gasteiger partial charge in [0.2, 0.25) is 0 Å². The number of anilines is 1. The Labute approximate surface area is 134 Å². The highest BCUT2D eigenvalue weighted by Crippen LogP contribution is 2.30. The first-order valence-corrected chi connectivity index (χ1v) is 7.60. The monoisotopic (exact) mass is 312 g/mol. The van der Waals surface area contributed by atoms with Gasteiger partial charge in [-0.2, -0.15) is 0 Å². The minimum Gasteiger partial charge on any atom is -0.456 e. The van der Waals surface area contributed by atoms with Gasteiger partial charge in [-0.3, -0.25) is 0 Å². The maximum atomic E-state index is 12.1. The molecule has 1 heterocycles. The predicted molar refractivity (Wildman–Crippen MR) is 91.7 cm³/mol. The van der Waals surface area contributed by atoms with E-state index in [1.54, 1.807) is 0 Å². The van der Waals surface area contributed by atoms with Crippen LogP contribution < -0.4 is 10.6 Å². The van der Waals surface area contributed by atoms with Gasteiger partial charge in [-0.05, 0) is 38.5 Å². The molecule has 0 aliphatic heterocycles. The Morgan fingerprint density at radius 3 is 2.65 bits per heavy atom. The zero-order valence-electron chi connectivity index (χ0n) is 13.2. The SMILES string of the molecule is CC(C)(CCO)NC(=O)Nc1ccc2c(c1)oc1ccccc12. The summed E-state index contributed by atoms with van der Waals surface area (Å²) in [6, 6.07) is 13.1. The van der Waals surface area contributed by atoms with E-state index < -0.39 is 5.54 Å². The number of aliphatic hydroxyl groups is 1. The maximum absolute atomic E-state index is 12.1. The Hall–Kier alpha value is -2.53. The Morgan fingerprint density at radius 2 is 1.87 bits per heavy atom. The number of hydrogen-bond donors (Lipinski definition) is 3. The number of carbonyl (C=O) groups is 1. The van der Waals surface area contributed by atoms with Gasteiger partial charge in [0.05, 0.1) is 0 Å². The molecule has 23 heavy (non-hydrogen) atoms. The van der Waals surface area contributed by atoms with Crippen LogP contribution in [0.15, 0.2) is 46.9 Å². The average molecular weight is 312 g/mol. The van der Waals surface area contributed by atoms with Gasteiger partial charge in [-0.15, -0.1) is 0 Å². The van der Waals surface area contributed by atoms with Crippen LogP contribution in [0.3, 0.4) is 0 Å². The quantitative estimate of drug-likeness (QED) is 0.684. The first kappa shape index (κ1) is 15.4. The summed E-state index contributed by atoms with van der Waals surface area (Å²) in [5.41, 5.74) is 1.75. The van der Waals surface area contributed by atoms with Crippen molar-refractivity contribution in [2.75, 3.05) is 11.9 Å². The van der Waals surface area contributed by atoms with Crippen molar-refractivity contribution in [1.29, 1.82) is 0 Å². The molecule has 1 aromatic heterocycles. The molecule has 5 heteroatoms. The molecule has 0 saturated heterocycles. The summed E-state index contributed by atoms with van der Waals surface area (Å²) in [5.74, 6) is 0. The van der Waals surface area contributed by atoms with Gasteiger partial charge in [0.25, 0.3) is 0 Å². The summed E-state index contributed by atoms with van der Waals surface area (Å²) in [6.45, 7) is 3.76. The Balaban J connectivity index is 1.81. The fourth-order valence-corrected chi connectivity index (χ4v) is 2.62. The molecule has 0 aliphatic rings. The first-order chi connectivity index (χ1) is 11.0. The van der Waals surface area contributed by atoms with Crippen molar-refractivity contribution in [2.24, 2.45) is 0 Å². The Morgan fingerprint density at radius 1 is 1.13 bits per heavy atom. The van der Waals surface area contributed by atoms with Crippen LogP contribution in [0, 0.1) is 0 Å². The molecule has 3 rings (SSSR count). The zero-order valence-corrected chi connectivity index (χ0v) is 13.2. The molecule has 0 bridgehead atoms. The van der Waals surface area contributed by atoms with E-state index in [4.69, 9.17) is 9.52 Å². The molecule has 0 atom stereocenters. The number of hydrogen-bond acceptors (Lipinski definition) is 3. The number of aliphatic hydroxyl groups excluding tert-OH is 1. The van der Waals surface area contributed by atoms with E-state index in [-0.39, 0.29) is 12.6 Å². The molecule has 0 radical (unpaired) electrons. The second-order valence-electron chi connectivity index (χ2n) is 6.25. The molecule has 0 fully saturated rings. The van der Waals surface area contributed by atoms with E-state index in [9.17, 15) is 4.79 Å². The average Bonchev–Trinajstić information content (AvgIpc) is 2.83. The number of para-hydroxylation sites is 1. The van der Waals surface area contributed by atoms with Gasteiger partial charge in [-0.1, -0.05) is 18.2 Å². The van der Waals surface area contributed by atoms with Gasteiger partial charge < -0.3 is 20.2 Å². The summed E-state index contributed by atoms with van der Waals surface area (Å²) < 4.78 is 5.81. The summed E-state index contributed by atoms with van der Waals surface area (Å²) in [5, 5.41) is 16.7. The van der Waals surface area contributed by atoms with E-state index in [0.717, 1.165) is 21.9 Å². The standard InChI is InChI=1S/C18H20N2O3/c1-18(2,9-10-21)20-17(22)19-12-7-8-14-13-5-3-4-6-15(13)23-16(14)11-12/h3-8,11,21H,9-10H2,1-2H3,(H2,19,20,22). The van der Waals surface area contributed by atoms with Crippen LogP contribution in [0.5, 0.6) is 0 Å². The van der Waals surface area contributed by atoms with Crippen LogP contribution in [-0.4, -0.2) is 23.3 Å². The number of fused-ring (bicyclic) bond motifs is 3. The third kappa shape index (κ3) is 3.29. The highest BCUT2D eigenvalue weighted by molar-refractivity contribution is 6.06. The second-order valence-corrected chi connectivity index (χ2v) is 6.25. The van der Waals surface area contributed by atoms with Crippen LogP contribution in [-0.2, 0) is 0 Å². The molecular formula is C18H20N2O3. The molecule has 2 amide bonds. The van der Waals surface area contributed by atoms with Crippen molar-refractivity contribution < 1.29 is 14.3 Å². The van der Waals surface area contributed by atoms with Crippen LogP contribution >= 0.6 is 0 Å². The number of urea groups is 1. The molecule has 0 aliphatic carbocycles. The third-order valence-electron chi connectivity index (χ3n) is 3.83. The molecule has 120 valence electrons. The van der Waals surface area contributed by atoms with Crippen molar-refractivity contribution in [3.8, 4) is 0 Å². The van der Waals surface area contributed by atoms with Crippen molar-refractivity contribution in [3.63, 3.8) is 0 Å². The van der Waals surface area contributed by atoms with Crippen LogP contribution in [0.4, 0.5) is 10.5 Å². The Bertz CT molecular complexity index is 852. The number of benzene rings is 2. The van der Waals surface area contributed by atoms with E-state index >= 15 is 0 Å². The third-order valence-corrected chi connectivity index (χ3v) is 3.83. The lowest BCUT2D eigenvalue weighted by Crippen LogP contribution is -2.46. The topological polar surface area (TPSA) is 74.5 Å². The van der Waals surface area contributed by atoms with Gasteiger partial charge in [0.15, 0.2) is 0 Å². The summed E-state index contributed by atoms with van der Waals surface area (Å²) in [7, 11) is 0. The van der Waals surface area contributed by atoms with Crippen molar-refractivity contribution in [3.05, 3.63) is 42.5 Å². The molecule has 5 nitrogen and oxygen atoms in total. The van der Waals surface area contributed by atoms with Crippen LogP contribution in [0.2, 0.25) is 0 Å². The molecule has 2 aromatic carbocycles. The minimum absolute atomic E-state index is 0.0260. The fraction of sp³-hybridized carbons (Fsp3) is 0.278. The van der Waals surface area contributed by atoms with Crippen LogP contribution in [0.25, 0.3) is 21.9 Å². The number of nitrogens with one attached hydrogen (secondary N) is 2. The molecule has 0 spiro atoms. The number of amides is 2. The summed E-state index contributed by atoms with van der Waals surface area (Å²) in [6.07, 6.45) is 0.489. The number of rotatable bonds is 4. The lowest BCUT2D eigenvalue weighted by Gasteiger charge is -2.25. The van der Waals surface area contributed by atoms with Crippen molar-refractivity contribution >= 4 is 33.7 Å². The highest BCUT2D eigenvalue weighted by atomic mass is 16.3.